The van der Waals surface area contributed by atoms with Crippen molar-refractivity contribution in [3.05, 3.63) is 53.0 Å². The number of anilines is 1. The maximum atomic E-state index is 5.57. The van der Waals surface area contributed by atoms with Gasteiger partial charge >= 0.3 is 0 Å². The van der Waals surface area contributed by atoms with Crippen LogP contribution in [0.2, 0.25) is 0 Å². The highest BCUT2D eigenvalue weighted by Crippen LogP contribution is 2.20. The molecule has 80 valence electrons. The molecular formula is C12H10BrN3. The van der Waals surface area contributed by atoms with Crippen molar-refractivity contribution in [2.24, 2.45) is 10.2 Å². The molecule has 0 radical (unpaired) electrons. The Morgan fingerprint density at radius 3 is 1.69 bits per heavy atom. The lowest BCUT2D eigenvalue weighted by Gasteiger charge is -1.94. The summed E-state index contributed by atoms with van der Waals surface area (Å²) in [4.78, 5) is 0. The number of nitrogens with two attached hydrogens (primary N) is 1. The van der Waals surface area contributed by atoms with Crippen LogP contribution < -0.4 is 5.73 Å². The summed E-state index contributed by atoms with van der Waals surface area (Å²) in [7, 11) is 0. The molecule has 0 bridgehead atoms. The summed E-state index contributed by atoms with van der Waals surface area (Å²) in [5.41, 5.74) is 7.91. The monoisotopic (exact) mass is 275 g/mol. The summed E-state index contributed by atoms with van der Waals surface area (Å²) in [6, 6.07) is 14.9. The molecule has 0 aliphatic heterocycles. The van der Waals surface area contributed by atoms with Crippen LogP contribution in [-0.2, 0) is 0 Å². The first kappa shape index (κ1) is 10.8. The van der Waals surface area contributed by atoms with Crippen LogP contribution >= 0.6 is 15.9 Å². The van der Waals surface area contributed by atoms with E-state index in [1.807, 2.05) is 36.4 Å². The zero-order chi connectivity index (χ0) is 11.4. The number of nitrogens with zero attached hydrogens (tertiary/aromatic N) is 2. The molecule has 2 aromatic carbocycles. The lowest BCUT2D eigenvalue weighted by molar-refractivity contribution is 1.23. The first-order valence-corrected chi connectivity index (χ1v) is 5.56. The van der Waals surface area contributed by atoms with Crippen molar-refractivity contribution in [3.63, 3.8) is 0 Å². The Morgan fingerprint density at radius 1 is 0.750 bits per heavy atom. The van der Waals surface area contributed by atoms with Gasteiger partial charge in [0.1, 0.15) is 0 Å². The van der Waals surface area contributed by atoms with Crippen LogP contribution in [0.25, 0.3) is 0 Å². The summed E-state index contributed by atoms with van der Waals surface area (Å²) in [5, 5.41) is 8.21. The largest absolute Gasteiger partial charge is 0.399 e. The van der Waals surface area contributed by atoms with Gasteiger partial charge in [0.15, 0.2) is 0 Å². The smallest absolute Gasteiger partial charge is 0.0858 e. The van der Waals surface area contributed by atoms with Gasteiger partial charge in [-0.1, -0.05) is 15.9 Å². The van der Waals surface area contributed by atoms with Crippen LogP contribution in [0.3, 0.4) is 0 Å². The minimum absolute atomic E-state index is 0.725. The molecule has 2 rings (SSSR count). The number of halogens is 1. The van der Waals surface area contributed by atoms with E-state index in [9.17, 15) is 0 Å². The van der Waals surface area contributed by atoms with Crippen LogP contribution in [0.15, 0.2) is 63.2 Å². The molecule has 0 saturated carbocycles. The molecule has 3 nitrogen and oxygen atoms in total. The molecule has 16 heavy (non-hydrogen) atoms. The quantitative estimate of drug-likeness (QED) is 0.639. The average Bonchev–Trinajstić information content (AvgIpc) is 2.30. The van der Waals surface area contributed by atoms with Crippen molar-refractivity contribution < 1.29 is 0 Å². The van der Waals surface area contributed by atoms with E-state index in [2.05, 4.69) is 26.2 Å². The van der Waals surface area contributed by atoms with Crippen molar-refractivity contribution in [2.75, 3.05) is 5.73 Å². The first-order chi connectivity index (χ1) is 7.74. The van der Waals surface area contributed by atoms with Crippen LogP contribution in [0.4, 0.5) is 17.1 Å². The van der Waals surface area contributed by atoms with Crippen LogP contribution in [0, 0.1) is 0 Å². The number of benzene rings is 2. The maximum absolute atomic E-state index is 5.57. The number of rotatable bonds is 2. The van der Waals surface area contributed by atoms with Gasteiger partial charge in [0, 0.05) is 10.2 Å². The molecule has 0 saturated heterocycles. The molecule has 2 aromatic rings. The minimum atomic E-state index is 0.725. The van der Waals surface area contributed by atoms with E-state index >= 15 is 0 Å². The summed E-state index contributed by atoms with van der Waals surface area (Å²) in [6.07, 6.45) is 0. The van der Waals surface area contributed by atoms with Gasteiger partial charge in [-0.25, -0.2) is 0 Å². The molecule has 0 unspecified atom stereocenters. The highest BCUT2D eigenvalue weighted by molar-refractivity contribution is 9.10. The van der Waals surface area contributed by atoms with Crippen molar-refractivity contribution >= 4 is 33.0 Å². The summed E-state index contributed by atoms with van der Waals surface area (Å²) in [6.45, 7) is 0. The summed E-state index contributed by atoms with van der Waals surface area (Å²) in [5.74, 6) is 0. The van der Waals surface area contributed by atoms with Crippen molar-refractivity contribution in [2.45, 2.75) is 0 Å². The molecule has 0 spiro atoms. The second-order valence-corrected chi connectivity index (χ2v) is 4.18. The second kappa shape index (κ2) is 4.90. The van der Waals surface area contributed by atoms with Gasteiger partial charge < -0.3 is 5.73 Å². The highest BCUT2D eigenvalue weighted by atomic mass is 79.9. The molecule has 0 fully saturated rings. The van der Waals surface area contributed by atoms with Gasteiger partial charge in [0.2, 0.25) is 0 Å². The number of hydrogen-bond donors (Lipinski definition) is 1. The molecule has 2 N–H and O–H groups in total. The fraction of sp³-hybridized carbons (Fsp3) is 0. The van der Waals surface area contributed by atoms with E-state index in [0.717, 1.165) is 21.5 Å². The fourth-order valence-corrected chi connectivity index (χ4v) is 1.43. The Labute approximate surface area is 102 Å². The summed E-state index contributed by atoms with van der Waals surface area (Å²) < 4.78 is 1.03. The topological polar surface area (TPSA) is 50.7 Å². The molecule has 0 heterocycles. The van der Waals surface area contributed by atoms with Crippen LogP contribution in [0.5, 0.6) is 0 Å². The van der Waals surface area contributed by atoms with Crippen molar-refractivity contribution in [1.82, 2.24) is 0 Å². The third kappa shape index (κ3) is 2.90. The Balaban J connectivity index is 2.15. The second-order valence-electron chi connectivity index (χ2n) is 3.27. The van der Waals surface area contributed by atoms with Gasteiger partial charge in [-0.2, -0.15) is 10.2 Å². The van der Waals surface area contributed by atoms with E-state index < -0.39 is 0 Å². The third-order valence-electron chi connectivity index (χ3n) is 2.00. The molecule has 0 aromatic heterocycles. The van der Waals surface area contributed by atoms with E-state index in [-0.39, 0.29) is 0 Å². The average molecular weight is 276 g/mol. The lowest BCUT2D eigenvalue weighted by atomic mass is 10.3. The third-order valence-corrected chi connectivity index (χ3v) is 2.53. The number of azo groups is 1. The van der Waals surface area contributed by atoms with E-state index in [4.69, 9.17) is 5.73 Å². The van der Waals surface area contributed by atoms with Gasteiger partial charge in [-0.15, -0.1) is 0 Å². The maximum Gasteiger partial charge on any atom is 0.0858 e. The standard InChI is InChI=1S/C12H10BrN3/c13-9-1-5-11(6-2-9)15-16-12-7-3-10(14)4-8-12/h1-8H,14H2. The zero-order valence-electron chi connectivity index (χ0n) is 8.47. The molecular weight excluding hydrogens is 266 g/mol. The van der Waals surface area contributed by atoms with Gasteiger partial charge in [-0.3, -0.25) is 0 Å². The summed E-state index contributed by atoms with van der Waals surface area (Å²) >= 11 is 3.36. The molecule has 0 atom stereocenters. The van der Waals surface area contributed by atoms with Crippen molar-refractivity contribution in [3.8, 4) is 0 Å². The van der Waals surface area contributed by atoms with Gasteiger partial charge in [0.05, 0.1) is 11.4 Å². The first-order valence-electron chi connectivity index (χ1n) is 4.77. The zero-order valence-corrected chi connectivity index (χ0v) is 10.1. The Hall–Kier alpha value is -1.68. The van der Waals surface area contributed by atoms with Crippen molar-refractivity contribution in [1.29, 1.82) is 0 Å². The normalized spacial score (nSPS) is 10.8. The highest BCUT2D eigenvalue weighted by Gasteiger charge is 1.91. The van der Waals surface area contributed by atoms with Crippen LogP contribution in [-0.4, -0.2) is 0 Å². The predicted molar refractivity (Wildman–Crippen MR) is 69.2 cm³/mol. The molecule has 4 heteroatoms. The van der Waals surface area contributed by atoms with Gasteiger partial charge in [-0.05, 0) is 48.5 Å². The van der Waals surface area contributed by atoms with E-state index in [1.54, 1.807) is 12.1 Å². The fourth-order valence-electron chi connectivity index (χ4n) is 1.16. The number of hydrogen-bond acceptors (Lipinski definition) is 3. The molecule has 0 aliphatic carbocycles. The van der Waals surface area contributed by atoms with Gasteiger partial charge in [0.25, 0.3) is 0 Å². The Bertz CT molecular complexity index is 441. The molecule has 0 amide bonds. The Kier molecular flexibility index (Phi) is 3.31. The predicted octanol–water partition coefficient (Wildman–Crippen LogP) is 4.45. The lowest BCUT2D eigenvalue weighted by Crippen LogP contribution is -1.80. The SMILES string of the molecule is Nc1ccc(N=Nc2ccc(Br)cc2)cc1. The van der Waals surface area contributed by atoms with E-state index in [0.29, 0.717) is 0 Å². The minimum Gasteiger partial charge on any atom is -0.399 e. The van der Waals surface area contributed by atoms with E-state index in [1.165, 1.54) is 0 Å². The molecule has 0 aliphatic rings. The van der Waals surface area contributed by atoms with Crippen LogP contribution in [0.1, 0.15) is 0 Å². The Morgan fingerprint density at radius 2 is 1.19 bits per heavy atom. The number of nitrogen functional groups attached to an aromatic ring is 1.